The van der Waals surface area contributed by atoms with E-state index in [1.54, 1.807) is 6.92 Å². The molecule has 0 aliphatic heterocycles. The number of aliphatic hydroxyl groups excluding tert-OH is 1. The van der Waals surface area contributed by atoms with Crippen LogP contribution in [-0.4, -0.2) is 11.7 Å². The van der Waals surface area contributed by atoms with E-state index in [0.29, 0.717) is 5.57 Å². The minimum atomic E-state index is -0.324. The summed E-state index contributed by atoms with van der Waals surface area (Å²) in [6.07, 6.45) is 4.04. The molecule has 0 saturated carbocycles. The Hall–Kier alpha value is -0.890. The van der Waals surface area contributed by atoms with Crippen molar-refractivity contribution in [2.75, 3.05) is 6.61 Å². The molecule has 0 amide bonds. The summed E-state index contributed by atoms with van der Waals surface area (Å²) >= 11 is 0. The van der Waals surface area contributed by atoms with Crippen molar-refractivity contribution in [1.82, 2.24) is 0 Å². The molecule has 0 aliphatic carbocycles. The topological polar surface area (TPSA) is 20.2 Å². The molecule has 56 valence electrons. The van der Waals surface area contributed by atoms with E-state index >= 15 is 0 Å². The van der Waals surface area contributed by atoms with Crippen molar-refractivity contribution in [2.24, 2.45) is 0 Å². The first-order chi connectivity index (χ1) is 4.70. The van der Waals surface area contributed by atoms with Crippen molar-refractivity contribution in [2.45, 2.75) is 6.92 Å². The Labute approximate surface area is 60.2 Å². The van der Waals surface area contributed by atoms with Gasteiger partial charge in [-0.3, -0.25) is 0 Å². The lowest BCUT2D eigenvalue weighted by atomic mass is 10.3. The molecule has 0 heterocycles. The zero-order chi connectivity index (χ0) is 7.98. The second-order valence-corrected chi connectivity index (χ2v) is 1.82. The molecule has 0 aromatic rings. The standard InChI is InChI=1S/C8H11FO/c1-3-8(9)5-4-7(2)6-10/h3-5,10H,2,6H2,1H3/b5-4-,8-3+. The minimum Gasteiger partial charge on any atom is -0.392 e. The average molecular weight is 142 g/mol. The fourth-order valence-electron chi connectivity index (χ4n) is 0.346. The molecule has 0 aromatic heterocycles. The largest absolute Gasteiger partial charge is 0.392 e. The van der Waals surface area contributed by atoms with E-state index < -0.39 is 0 Å². The molecule has 10 heavy (non-hydrogen) atoms. The zero-order valence-electron chi connectivity index (χ0n) is 5.97. The van der Waals surface area contributed by atoms with Gasteiger partial charge in [-0.2, -0.15) is 0 Å². The van der Waals surface area contributed by atoms with Crippen LogP contribution in [0.2, 0.25) is 0 Å². The Morgan fingerprint density at radius 3 is 2.60 bits per heavy atom. The van der Waals surface area contributed by atoms with Crippen molar-refractivity contribution in [3.8, 4) is 0 Å². The maximum absolute atomic E-state index is 12.3. The van der Waals surface area contributed by atoms with E-state index in [0.717, 1.165) is 0 Å². The maximum Gasteiger partial charge on any atom is 0.118 e. The lowest BCUT2D eigenvalue weighted by molar-refractivity contribution is 0.335. The van der Waals surface area contributed by atoms with Gasteiger partial charge in [0, 0.05) is 0 Å². The summed E-state index contributed by atoms with van der Waals surface area (Å²) in [5.74, 6) is -0.324. The van der Waals surface area contributed by atoms with Crippen LogP contribution in [0.5, 0.6) is 0 Å². The summed E-state index contributed by atoms with van der Waals surface area (Å²) in [5.41, 5.74) is 0.497. The molecule has 0 unspecified atom stereocenters. The summed E-state index contributed by atoms with van der Waals surface area (Å²) in [6, 6.07) is 0. The zero-order valence-corrected chi connectivity index (χ0v) is 5.97. The molecular weight excluding hydrogens is 131 g/mol. The third-order valence-corrected chi connectivity index (χ3v) is 0.957. The molecule has 0 bridgehead atoms. The quantitative estimate of drug-likeness (QED) is 0.597. The van der Waals surface area contributed by atoms with Crippen molar-refractivity contribution < 1.29 is 9.50 Å². The Morgan fingerprint density at radius 2 is 2.20 bits per heavy atom. The predicted molar refractivity (Wildman–Crippen MR) is 40.2 cm³/mol. The third kappa shape index (κ3) is 4.04. The fraction of sp³-hybridized carbons (Fsp3) is 0.250. The van der Waals surface area contributed by atoms with E-state index in [1.165, 1.54) is 18.2 Å². The smallest absolute Gasteiger partial charge is 0.118 e. The van der Waals surface area contributed by atoms with E-state index in [4.69, 9.17) is 5.11 Å². The molecule has 0 radical (unpaired) electrons. The lowest BCUT2D eigenvalue weighted by Gasteiger charge is -1.88. The van der Waals surface area contributed by atoms with Gasteiger partial charge < -0.3 is 5.11 Å². The molecule has 1 nitrogen and oxygen atoms in total. The summed E-state index contributed by atoms with van der Waals surface area (Å²) < 4.78 is 12.3. The van der Waals surface area contributed by atoms with Gasteiger partial charge in [-0.1, -0.05) is 18.7 Å². The molecule has 0 atom stereocenters. The van der Waals surface area contributed by atoms with Gasteiger partial charge in [0.1, 0.15) is 5.83 Å². The normalized spacial score (nSPS) is 12.5. The summed E-state index contributed by atoms with van der Waals surface area (Å²) in [6.45, 7) is 4.92. The molecule has 0 rings (SSSR count). The maximum atomic E-state index is 12.3. The number of hydrogen-bond acceptors (Lipinski definition) is 1. The van der Waals surface area contributed by atoms with Crippen LogP contribution in [0, 0.1) is 0 Å². The fourth-order valence-corrected chi connectivity index (χ4v) is 0.346. The van der Waals surface area contributed by atoms with Gasteiger partial charge in [0.05, 0.1) is 6.61 Å². The number of allylic oxidation sites excluding steroid dienone is 3. The summed E-state index contributed by atoms with van der Waals surface area (Å²) in [4.78, 5) is 0. The molecule has 0 aromatic carbocycles. The second kappa shape index (κ2) is 4.94. The van der Waals surface area contributed by atoms with Crippen LogP contribution in [0.1, 0.15) is 6.92 Å². The first-order valence-corrected chi connectivity index (χ1v) is 2.99. The highest BCUT2D eigenvalue weighted by atomic mass is 19.1. The first kappa shape index (κ1) is 9.11. The average Bonchev–Trinajstić information content (AvgIpc) is 1.99. The van der Waals surface area contributed by atoms with Gasteiger partial charge in [-0.05, 0) is 18.6 Å². The molecular formula is C8H11FO. The highest BCUT2D eigenvalue weighted by Gasteiger charge is 1.84. The van der Waals surface area contributed by atoms with Gasteiger partial charge in [-0.15, -0.1) is 0 Å². The van der Waals surface area contributed by atoms with E-state index in [1.807, 2.05) is 0 Å². The Kier molecular flexibility index (Phi) is 4.50. The molecule has 1 N–H and O–H groups in total. The SMILES string of the molecule is C=C(/C=C\C(F)=C/C)CO. The van der Waals surface area contributed by atoms with E-state index in [2.05, 4.69) is 6.58 Å². The molecule has 0 aliphatic rings. The van der Waals surface area contributed by atoms with Gasteiger partial charge in [-0.25, -0.2) is 4.39 Å². The highest BCUT2D eigenvalue weighted by molar-refractivity contribution is 5.21. The van der Waals surface area contributed by atoms with Gasteiger partial charge >= 0.3 is 0 Å². The second-order valence-electron chi connectivity index (χ2n) is 1.82. The molecule has 0 spiro atoms. The van der Waals surface area contributed by atoms with Crippen LogP contribution in [0.25, 0.3) is 0 Å². The number of hydrogen-bond donors (Lipinski definition) is 1. The monoisotopic (exact) mass is 142 g/mol. The summed E-state index contributed by atoms with van der Waals surface area (Å²) in [5, 5.41) is 8.43. The number of rotatable bonds is 3. The van der Waals surface area contributed by atoms with Crippen molar-refractivity contribution >= 4 is 0 Å². The highest BCUT2D eigenvalue weighted by Crippen LogP contribution is 2.00. The van der Waals surface area contributed by atoms with Gasteiger partial charge in [0.25, 0.3) is 0 Å². The molecule has 0 fully saturated rings. The van der Waals surface area contributed by atoms with E-state index in [9.17, 15) is 4.39 Å². The minimum absolute atomic E-state index is 0.131. The Bertz CT molecular complexity index is 168. The number of halogens is 1. The van der Waals surface area contributed by atoms with Crippen molar-refractivity contribution in [3.63, 3.8) is 0 Å². The Morgan fingerprint density at radius 1 is 1.60 bits per heavy atom. The molecule has 2 heteroatoms. The Balaban J connectivity index is 3.88. The van der Waals surface area contributed by atoms with E-state index in [-0.39, 0.29) is 12.4 Å². The first-order valence-electron chi connectivity index (χ1n) is 2.99. The number of aliphatic hydroxyl groups is 1. The van der Waals surface area contributed by atoms with Crippen molar-refractivity contribution in [1.29, 1.82) is 0 Å². The van der Waals surface area contributed by atoms with Gasteiger partial charge in [0.15, 0.2) is 0 Å². The van der Waals surface area contributed by atoms with Crippen LogP contribution in [0.15, 0.2) is 36.2 Å². The third-order valence-electron chi connectivity index (χ3n) is 0.957. The predicted octanol–water partition coefficient (Wildman–Crippen LogP) is 1.96. The molecule has 0 saturated heterocycles. The van der Waals surface area contributed by atoms with Crippen molar-refractivity contribution in [3.05, 3.63) is 36.2 Å². The van der Waals surface area contributed by atoms with Crippen LogP contribution in [0.4, 0.5) is 4.39 Å². The lowest BCUT2D eigenvalue weighted by Crippen LogP contribution is -1.81. The van der Waals surface area contributed by atoms with Crippen LogP contribution >= 0.6 is 0 Å². The summed E-state index contributed by atoms with van der Waals surface area (Å²) in [7, 11) is 0. The van der Waals surface area contributed by atoms with Crippen LogP contribution < -0.4 is 0 Å². The van der Waals surface area contributed by atoms with Gasteiger partial charge in [0.2, 0.25) is 0 Å². The van der Waals surface area contributed by atoms with Crippen LogP contribution in [-0.2, 0) is 0 Å². The van der Waals surface area contributed by atoms with Crippen LogP contribution in [0.3, 0.4) is 0 Å².